The third-order valence-electron chi connectivity index (χ3n) is 4.27. The van der Waals surface area contributed by atoms with E-state index in [0.29, 0.717) is 6.04 Å². The van der Waals surface area contributed by atoms with Gasteiger partial charge in [-0.15, -0.1) is 0 Å². The van der Waals surface area contributed by atoms with Crippen molar-refractivity contribution < 1.29 is 0 Å². The van der Waals surface area contributed by atoms with Crippen LogP contribution >= 0.6 is 0 Å². The summed E-state index contributed by atoms with van der Waals surface area (Å²) in [5.74, 6) is 0.851. The molecule has 0 spiro atoms. The molecule has 2 aromatic rings. The van der Waals surface area contributed by atoms with Crippen LogP contribution in [0.1, 0.15) is 30.0 Å². The fourth-order valence-electron chi connectivity index (χ4n) is 2.92. The van der Waals surface area contributed by atoms with E-state index in [9.17, 15) is 0 Å². The summed E-state index contributed by atoms with van der Waals surface area (Å²) in [5, 5.41) is 6.91. The maximum Gasteiger partial charge on any atom is 0.191 e. The Kier molecular flexibility index (Phi) is 8.16. The van der Waals surface area contributed by atoms with Gasteiger partial charge >= 0.3 is 0 Å². The van der Waals surface area contributed by atoms with E-state index >= 15 is 0 Å². The minimum atomic E-state index is 0.362. The smallest absolute Gasteiger partial charge is 0.191 e. The van der Waals surface area contributed by atoms with Gasteiger partial charge in [-0.25, -0.2) is 0 Å². The van der Waals surface area contributed by atoms with Gasteiger partial charge in [0, 0.05) is 26.2 Å². The molecule has 0 heterocycles. The lowest BCUT2D eigenvalue weighted by molar-refractivity contribution is 0.402. The van der Waals surface area contributed by atoms with Crippen LogP contribution in [0.2, 0.25) is 0 Å². The first-order valence-corrected chi connectivity index (χ1v) is 9.30. The molecule has 4 nitrogen and oxygen atoms in total. The van der Waals surface area contributed by atoms with Crippen LogP contribution in [0.25, 0.3) is 0 Å². The number of aliphatic imine (C=N–C) groups is 1. The van der Waals surface area contributed by atoms with E-state index in [1.54, 1.807) is 0 Å². The van der Waals surface area contributed by atoms with E-state index < -0.39 is 0 Å². The number of benzene rings is 2. The van der Waals surface area contributed by atoms with Crippen molar-refractivity contribution in [2.75, 3.05) is 21.1 Å². The molecule has 1 atom stereocenters. The molecule has 140 valence electrons. The molecule has 0 aliphatic heterocycles. The molecule has 0 bridgehead atoms. The number of guanidine groups is 1. The van der Waals surface area contributed by atoms with E-state index in [1.807, 2.05) is 7.05 Å². The number of nitrogens with zero attached hydrogens (tertiary/aromatic N) is 2. The summed E-state index contributed by atoms with van der Waals surface area (Å²) in [6.45, 7) is 3.93. The van der Waals surface area contributed by atoms with Gasteiger partial charge in [0.2, 0.25) is 0 Å². The van der Waals surface area contributed by atoms with E-state index in [-0.39, 0.29) is 0 Å². The Bertz CT molecular complexity index is 680. The largest absolute Gasteiger partial charge is 0.354 e. The summed E-state index contributed by atoms with van der Waals surface area (Å²) in [4.78, 5) is 6.54. The highest BCUT2D eigenvalue weighted by molar-refractivity contribution is 5.79. The van der Waals surface area contributed by atoms with Crippen LogP contribution in [-0.2, 0) is 19.5 Å². The quantitative estimate of drug-likeness (QED) is 0.565. The van der Waals surface area contributed by atoms with Crippen LogP contribution in [0.3, 0.4) is 0 Å². The number of aryl methyl sites for hydroxylation is 1. The molecular weight excluding hydrogens is 320 g/mol. The Labute approximate surface area is 158 Å². The maximum absolute atomic E-state index is 4.36. The zero-order valence-corrected chi connectivity index (χ0v) is 16.5. The van der Waals surface area contributed by atoms with Crippen molar-refractivity contribution >= 4 is 5.96 Å². The molecule has 1 unspecified atom stereocenters. The molecule has 0 radical (unpaired) electrons. The van der Waals surface area contributed by atoms with Gasteiger partial charge in [-0.3, -0.25) is 4.99 Å². The van der Waals surface area contributed by atoms with Crippen LogP contribution in [0.15, 0.2) is 59.6 Å². The fraction of sp³-hybridized carbons (Fsp3) is 0.409. The summed E-state index contributed by atoms with van der Waals surface area (Å²) in [6, 6.07) is 19.7. The first kappa shape index (κ1) is 20.0. The van der Waals surface area contributed by atoms with E-state index in [1.165, 1.54) is 16.7 Å². The Hall–Kier alpha value is -2.33. The average Bonchev–Trinajstić information content (AvgIpc) is 2.64. The number of hydrogen-bond donors (Lipinski definition) is 2. The molecule has 0 saturated carbocycles. The van der Waals surface area contributed by atoms with Crippen LogP contribution in [0.5, 0.6) is 0 Å². The normalized spacial score (nSPS) is 12.9. The lowest BCUT2D eigenvalue weighted by Crippen LogP contribution is -2.42. The summed E-state index contributed by atoms with van der Waals surface area (Å²) < 4.78 is 0. The zero-order valence-electron chi connectivity index (χ0n) is 16.5. The van der Waals surface area contributed by atoms with Gasteiger partial charge in [-0.1, -0.05) is 54.6 Å². The van der Waals surface area contributed by atoms with Crippen molar-refractivity contribution in [3.05, 3.63) is 71.3 Å². The maximum atomic E-state index is 4.36. The van der Waals surface area contributed by atoms with Crippen molar-refractivity contribution in [3.8, 4) is 0 Å². The zero-order chi connectivity index (χ0) is 18.8. The molecule has 4 heteroatoms. The van der Waals surface area contributed by atoms with Crippen LogP contribution < -0.4 is 10.6 Å². The predicted molar refractivity (Wildman–Crippen MR) is 111 cm³/mol. The highest BCUT2D eigenvalue weighted by atomic mass is 15.2. The summed E-state index contributed by atoms with van der Waals surface area (Å²) in [6.07, 6.45) is 2.14. The van der Waals surface area contributed by atoms with Gasteiger partial charge in [-0.05, 0) is 50.6 Å². The molecule has 0 aromatic heterocycles. The second kappa shape index (κ2) is 10.6. The topological polar surface area (TPSA) is 39.7 Å². The summed E-state index contributed by atoms with van der Waals surface area (Å²) in [7, 11) is 6.00. The van der Waals surface area contributed by atoms with Crippen molar-refractivity contribution in [3.63, 3.8) is 0 Å². The first-order valence-electron chi connectivity index (χ1n) is 9.30. The van der Waals surface area contributed by atoms with Crippen molar-refractivity contribution in [2.45, 2.75) is 38.9 Å². The van der Waals surface area contributed by atoms with Gasteiger partial charge in [0.25, 0.3) is 0 Å². The molecule has 2 N–H and O–H groups in total. The molecule has 0 aliphatic rings. The van der Waals surface area contributed by atoms with Crippen LogP contribution in [0, 0.1) is 0 Å². The lowest BCUT2D eigenvalue weighted by Gasteiger charge is -2.18. The van der Waals surface area contributed by atoms with Gasteiger partial charge in [0.05, 0.1) is 0 Å². The third-order valence-corrected chi connectivity index (χ3v) is 4.27. The SMILES string of the molecule is CN=C(NCc1cccc(CN(C)C)c1)NC(C)CCc1ccccc1. The first-order chi connectivity index (χ1) is 12.6. The predicted octanol–water partition coefficient (Wildman–Crippen LogP) is 3.43. The Morgan fingerprint density at radius 2 is 1.69 bits per heavy atom. The van der Waals surface area contributed by atoms with Crippen molar-refractivity contribution in [1.82, 2.24) is 15.5 Å². The number of hydrogen-bond acceptors (Lipinski definition) is 2. The molecular formula is C22H32N4. The molecule has 2 rings (SSSR count). The Morgan fingerprint density at radius 1 is 1.00 bits per heavy atom. The van der Waals surface area contributed by atoms with E-state index in [2.05, 4.69) is 96.1 Å². The Morgan fingerprint density at radius 3 is 2.38 bits per heavy atom. The molecule has 26 heavy (non-hydrogen) atoms. The third kappa shape index (κ3) is 7.28. The van der Waals surface area contributed by atoms with E-state index in [4.69, 9.17) is 0 Å². The molecule has 0 amide bonds. The minimum Gasteiger partial charge on any atom is -0.354 e. The van der Waals surface area contributed by atoms with Gasteiger partial charge in [-0.2, -0.15) is 0 Å². The fourth-order valence-corrected chi connectivity index (χ4v) is 2.92. The minimum absolute atomic E-state index is 0.362. The molecule has 0 aliphatic carbocycles. The summed E-state index contributed by atoms with van der Waals surface area (Å²) >= 11 is 0. The van der Waals surface area contributed by atoms with Crippen molar-refractivity contribution in [1.29, 1.82) is 0 Å². The molecule has 0 saturated heterocycles. The lowest BCUT2D eigenvalue weighted by atomic mass is 10.1. The van der Waals surface area contributed by atoms with Crippen LogP contribution in [0.4, 0.5) is 0 Å². The standard InChI is InChI=1S/C22H32N4/c1-18(13-14-19-9-6-5-7-10-19)25-22(23-2)24-16-20-11-8-12-21(15-20)17-26(3)4/h5-12,15,18H,13-14,16-17H2,1-4H3,(H2,23,24,25). The van der Waals surface area contributed by atoms with Gasteiger partial charge in [0.1, 0.15) is 0 Å². The Balaban J connectivity index is 1.80. The molecule has 2 aromatic carbocycles. The number of nitrogens with one attached hydrogen (secondary N) is 2. The number of rotatable bonds is 8. The highest BCUT2D eigenvalue weighted by Gasteiger charge is 2.06. The molecule has 0 fully saturated rings. The monoisotopic (exact) mass is 352 g/mol. The van der Waals surface area contributed by atoms with Crippen LogP contribution in [-0.4, -0.2) is 38.0 Å². The second-order valence-corrected chi connectivity index (χ2v) is 7.05. The summed E-state index contributed by atoms with van der Waals surface area (Å²) in [5.41, 5.74) is 3.97. The van der Waals surface area contributed by atoms with Crippen molar-refractivity contribution in [2.24, 2.45) is 4.99 Å². The van der Waals surface area contributed by atoms with E-state index in [0.717, 1.165) is 31.9 Å². The average molecular weight is 353 g/mol. The van der Waals surface area contributed by atoms with Gasteiger partial charge < -0.3 is 15.5 Å². The van der Waals surface area contributed by atoms with Gasteiger partial charge in [0.15, 0.2) is 5.96 Å². The highest BCUT2D eigenvalue weighted by Crippen LogP contribution is 2.07. The second-order valence-electron chi connectivity index (χ2n) is 7.05.